The van der Waals surface area contributed by atoms with Crippen LogP contribution in [0.15, 0.2) is 47.4 Å². The monoisotopic (exact) mass is 396 g/mol. The summed E-state index contributed by atoms with van der Waals surface area (Å²) in [6.07, 6.45) is 0.691. The maximum Gasteiger partial charge on any atom is 0.267 e. The Morgan fingerprint density at radius 1 is 1.21 bits per heavy atom. The van der Waals surface area contributed by atoms with Crippen LogP contribution >= 0.6 is 11.8 Å². The number of nitrogens with one attached hydrogen (secondary N) is 1. The zero-order chi connectivity index (χ0) is 19.7. The molecule has 1 amide bonds. The highest BCUT2D eigenvalue weighted by Crippen LogP contribution is 2.38. The summed E-state index contributed by atoms with van der Waals surface area (Å²) in [5.74, 6) is 1.49. The minimum atomic E-state index is -0.0336. The third kappa shape index (κ3) is 3.44. The SMILES string of the molecule is COc1ccc(CCNC(=O)c2cc3cccc4c3n2C[C@H](C)S4)c(OC)c1. The number of aromatic nitrogens is 1. The molecule has 1 aliphatic heterocycles. The highest BCUT2D eigenvalue weighted by atomic mass is 32.2. The lowest BCUT2D eigenvalue weighted by molar-refractivity contribution is 0.0945. The standard InChI is InChI=1S/C22H24N2O3S/c1-14-13-24-18(11-16-5-4-6-20(28-14)21(16)24)22(25)23-10-9-15-7-8-17(26-2)12-19(15)27-3/h4-8,11-12,14H,9-10,13H2,1-3H3,(H,23,25)/t14-/m0/s1. The summed E-state index contributed by atoms with van der Waals surface area (Å²) in [5, 5.41) is 4.64. The van der Waals surface area contributed by atoms with Gasteiger partial charge in [0.15, 0.2) is 0 Å². The molecule has 3 aromatic rings. The van der Waals surface area contributed by atoms with Gasteiger partial charge in [-0.2, -0.15) is 0 Å². The highest BCUT2D eigenvalue weighted by molar-refractivity contribution is 8.00. The molecule has 2 heterocycles. The Labute approximate surface area is 169 Å². The molecule has 0 fully saturated rings. The maximum atomic E-state index is 12.9. The molecular weight excluding hydrogens is 372 g/mol. The van der Waals surface area contributed by atoms with Crippen LogP contribution in [0.25, 0.3) is 10.9 Å². The summed E-state index contributed by atoms with van der Waals surface area (Å²) in [6.45, 7) is 3.59. The number of benzene rings is 2. The molecule has 28 heavy (non-hydrogen) atoms. The summed E-state index contributed by atoms with van der Waals surface area (Å²) in [5.41, 5.74) is 2.95. The Kier molecular flexibility index (Phi) is 5.22. The Morgan fingerprint density at radius 2 is 2.07 bits per heavy atom. The number of methoxy groups -OCH3 is 2. The summed E-state index contributed by atoms with van der Waals surface area (Å²) < 4.78 is 12.8. The third-order valence-electron chi connectivity index (χ3n) is 5.06. The van der Waals surface area contributed by atoms with E-state index in [2.05, 4.69) is 35.0 Å². The van der Waals surface area contributed by atoms with Gasteiger partial charge in [-0.1, -0.05) is 25.1 Å². The molecule has 6 heteroatoms. The van der Waals surface area contributed by atoms with Gasteiger partial charge >= 0.3 is 0 Å². The lowest BCUT2D eigenvalue weighted by Gasteiger charge is -2.22. The second-order valence-corrected chi connectivity index (χ2v) is 8.43. The largest absolute Gasteiger partial charge is 0.497 e. The summed E-state index contributed by atoms with van der Waals surface area (Å²) in [4.78, 5) is 14.1. The van der Waals surface area contributed by atoms with Gasteiger partial charge in [-0.05, 0) is 30.2 Å². The highest BCUT2D eigenvalue weighted by Gasteiger charge is 2.23. The quantitative estimate of drug-likeness (QED) is 0.681. The fraction of sp³-hybridized carbons (Fsp3) is 0.318. The van der Waals surface area contributed by atoms with E-state index in [0.717, 1.165) is 34.7 Å². The molecule has 0 bridgehead atoms. The summed E-state index contributed by atoms with van der Waals surface area (Å²) >= 11 is 1.87. The van der Waals surface area contributed by atoms with Crippen LogP contribution < -0.4 is 14.8 Å². The van der Waals surface area contributed by atoms with Crippen LogP contribution in [-0.2, 0) is 13.0 Å². The Balaban J connectivity index is 1.50. The molecule has 1 aliphatic rings. The van der Waals surface area contributed by atoms with Crippen molar-refractivity contribution in [3.8, 4) is 11.5 Å². The minimum absolute atomic E-state index is 0.0336. The van der Waals surface area contributed by atoms with Crippen LogP contribution in [0.4, 0.5) is 0 Å². The number of carbonyl (C=O) groups is 1. The van der Waals surface area contributed by atoms with Gasteiger partial charge < -0.3 is 19.4 Å². The number of para-hydroxylation sites is 1. The first kappa shape index (κ1) is 18.7. The van der Waals surface area contributed by atoms with Crippen molar-refractivity contribution < 1.29 is 14.3 Å². The fourth-order valence-corrected chi connectivity index (χ4v) is 4.89. The molecule has 0 saturated carbocycles. The van der Waals surface area contributed by atoms with Crippen molar-refractivity contribution in [2.24, 2.45) is 0 Å². The molecule has 0 radical (unpaired) electrons. The maximum absolute atomic E-state index is 12.9. The van der Waals surface area contributed by atoms with E-state index in [1.54, 1.807) is 14.2 Å². The van der Waals surface area contributed by atoms with Gasteiger partial charge in [0.1, 0.15) is 17.2 Å². The molecule has 1 aromatic heterocycles. The number of ether oxygens (including phenoxy) is 2. The van der Waals surface area contributed by atoms with Gasteiger partial charge in [0, 0.05) is 34.7 Å². The van der Waals surface area contributed by atoms with Crippen LogP contribution in [0.3, 0.4) is 0 Å². The van der Waals surface area contributed by atoms with Gasteiger partial charge in [-0.15, -0.1) is 11.8 Å². The number of rotatable bonds is 6. The molecule has 146 valence electrons. The molecule has 4 rings (SSSR count). The Morgan fingerprint density at radius 3 is 2.86 bits per heavy atom. The summed E-state index contributed by atoms with van der Waals surface area (Å²) in [7, 11) is 3.28. The van der Waals surface area contributed by atoms with E-state index >= 15 is 0 Å². The molecule has 0 aliphatic carbocycles. The number of nitrogens with zero attached hydrogens (tertiary/aromatic N) is 1. The molecule has 0 spiro atoms. The zero-order valence-electron chi connectivity index (χ0n) is 16.3. The van der Waals surface area contributed by atoms with Gasteiger partial charge in [-0.3, -0.25) is 4.79 Å². The number of hydrogen-bond donors (Lipinski definition) is 1. The van der Waals surface area contributed by atoms with Gasteiger partial charge in [0.25, 0.3) is 5.91 Å². The van der Waals surface area contributed by atoms with E-state index in [4.69, 9.17) is 9.47 Å². The molecule has 0 saturated heterocycles. The first-order valence-electron chi connectivity index (χ1n) is 9.38. The topological polar surface area (TPSA) is 52.5 Å². The molecule has 5 nitrogen and oxygen atoms in total. The molecule has 0 unspecified atom stereocenters. The van der Waals surface area contributed by atoms with E-state index in [9.17, 15) is 4.79 Å². The fourth-order valence-electron chi connectivity index (χ4n) is 3.73. The smallest absolute Gasteiger partial charge is 0.267 e. The van der Waals surface area contributed by atoms with Gasteiger partial charge in [0.05, 0.1) is 19.7 Å². The van der Waals surface area contributed by atoms with E-state index in [1.807, 2.05) is 36.0 Å². The van der Waals surface area contributed by atoms with E-state index in [0.29, 0.717) is 18.2 Å². The number of hydrogen-bond acceptors (Lipinski definition) is 4. The zero-order valence-corrected chi connectivity index (χ0v) is 17.1. The van der Waals surface area contributed by atoms with Crippen molar-refractivity contribution in [3.05, 3.63) is 53.7 Å². The number of carbonyl (C=O) groups excluding carboxylic acids is 1. The van der Waals surface area contributed by atoms with Crippen LogP contribution in [0.5, 0.6) is 11.5 Å². The predicted octanol–water partition coefficient (Wildman–Crippen LogP) is 4.13. The first-order valence-corrected chi connectivity index (χ1v) is 10.3. The second kappa shape index (κ2) is 7.80. The molecule has 1 atom stereocenters. The van der Waals surface area contributed by atoms with Crippen molar-refractivity contribution in [3.63, 3.8) is 0 Å². The van der Waals surface area contributed by atoms with Crippen molar-refractivity contribution >= 4 is 28.6 Å². The normalized spacial score (nSPS) is 15.5. The molecular formula is C22H24N2O3S. The number of amides is 1. The van der Waals surface area contributed by atoms with Gasteiger partial charge in [-0.25, -0.2) is 0 Å². The first-order chi connectivity index (χ1) is 13.6. The van der Waals surface area contributed by atoms with Crippen LogP contribution in [0.1, 0.15) is 23.0 Å². The van der Waals surface area contributed by atoms with Crippen LogP contribution in [0.2, 0.25) is 0 Å². The van der Waals surface area contributed by atoms with Crippen molar-refractivity contribution in [1.29, 1.82) is 0 Å². The van der Waals surface area contributed by atoms with Crippen LogP contribution in [-0.4, -0.2) is 36.5 Å². The van der Waals surface area contributed by atoms with Crippen molar-refractivity contribution in [2.45, 2.75) is 30.0 Å². The van der Waals surface area contributed by atoms with Crippen molar-refractivity contribution in [2.75, 3.05) is 20.8 Å². The predicted molar refractivity (Wildman–Crippen MR) is 113 cm³/mol. The lowest BCUT2D eigenvalue weighted by Crippen LogP contribution is -2.29. The Bertz CT molecular complexity index is 1030. The van der Waals surface area contributed by atoms with Crippen molar-refractivity contribution in [1.82, 2.24) is 9.88 Å². The van der Waals surface area contributed by atoms with E-state index in [-0.39, 0.29) is 5.91 Å². The van der Waals surface area contributed by atoms with E-state index < -0.39 is 0 Å². The average molecular weight is 397 g/mol. The van der Waals surface area contributed by atoms with Gasteiger partial charge in [0.2, 0.25) is 0 Å². The lowest BCUT2D eigenvalue weighted by atomic mass is 10.1. The van der Waals surface area contributed by atoms with Crippen LogP contribution in [0, 0.1) is 0 Å². The minimum Gasteiger partial charge on any atom is -0.497 e. The number of thioether (sulfide) groups is 1. The molecule has 2 aromatic carbocycles. The second-order valence-electron chi connectivity index (χ2n) is 6.95. The Hall–Kier alpha value is -2.60. The summed E-state index contributed by atoms with van der Waals surface area (Å²) in [6, 6.07) is 14.0. The molecule has 1 N–H and O–H groups in total. The van der Waals surface area contributed by atoms with E-state index in [1.165, 1.54) is 10.4 Å². The third-order valence-corrected chi connectivity index (χ3v) is 6.19. The average Bonchev–Trinajstić information content (AvgIpc) is 3.08.